The topological polar surface area (TPSA) is 128 Å². The summed E-state index contributed by atoms with van der Waals surface area (Å²) in [5, 5.41) is 2.68. The van der Waals surface area contributed by atoms with E-state index in [-0.39, 0.29) is 29.9 Å². The fourth-order valence-corrected chi connectivity index (χ4v) is 4.31. The van der Waals surface area contributed by atoms with Crippen molar-refractivity contribution in [3.05, 3.63) is 90.0 Å². The molecule has 3 rings (SSSR count). The highest BCUT2D eigenvalue weighted by Gasteiger charge is 2.18. The van der Waals surface area contributed by atoms with Crippen LogP contribution in [-0.2, 0) is 26.0 Å². The van der Waals surface area contributed by atoms with E-state index in [1.54, 1.807) is 31.2 Å². The van der Waals surface area contributed by atoms with Gasteiger partial charge in [0.2, 0.25) is 15.9 Å². The van der Waals surface area contributed by atoms with Gasteiger partial charge in [-0.25, -0.2) is 13.1 Å². The Bertz CT molecular complexity index is 1200. The van der Waals surface area contributed by atoms with Gasteiger partial charge < -0.3 is 15.8 Å². The number of nitrogens with one attached hydrogen (secondary N) is 2. The maximum Gasteiger partial charge on any atom is 0.262 e. The van der Waals surface area contributed by atoms with Crippen molar-refractivity contribution in [2.24, 2.45) is 5.73 Å². The highest BCUT2D eigenvalue weighted by atomic mass is 32.2. The van der Waals surface area contributed by atoms with E-state index in [1.807, 2.05) is 30.3 Å². The predicted octanol–water partition coefficient (Wildman–Crippen LogP) is 2.77. The molecule has 0 saturated heterocycles. The minimum atomic E-state index is -3.72. The Hall–Kier alpha value is -3.69. The lowest BCUT2D eigenvalue weighted by Crippen LogP contribution is -2.26. The number of rotatable bonds is 10. The Kier molecular flexibility index (Phi) is 7.81. The van der Waals surface area contributed by atoms with Crippen LogP contribution >= 0.6 is 0 Å². The first kappa shape index (κ1) is 24.0. The number of hydrogen-bond acceptors (Lipinski definition) is 5. The lowest BCUT2D eigenvalue weighted by atomic mass is 10.1. The van der Waals surface area contributed by atoms with Gasteiger partial charge in [-0.15, -0.1) is 0 Å². The van der Waals surface area contributed by atoms with Crippen LogP contribution in [-0.4, -0.2) is 26.8 Å². The molecule has 8 nitrogen and oxygen atoms in total. The fraction of sp³-hybridized carbons (Fsp3) is 0.167. The van der Waals surface area contributed by atoms with Gasteiger partial charge in [0, 0.05) is 11.7 Å². The molecule has 0 radical (unpaired) electrons. The van der Waals surface area contributed by atoms with Crippen molar-refractivity contribution in [1.82, 2.24) is 4.72 Å². The summed E-state index contributed by atoms with van der Waals surface area (Å²) in [6, 6.07) is 21.4. The molecule has 172 valence electrons. The number of sulfonamides is 1. The molecule has 0 aliphatic rings. The standard InChI is InChI=1S/C24H25N3O5S/c1-17(19-5-3-2-4-6-19)27-33(30,31)22-13-11-21(12-14-22)32-16-24(29)26-20-9-7-18(8-10-20)15-23(25)28/h2-14,17,27H,15-16H2,1H3,(H2,25,28)(H,26,29)/t17-/m0/s1. The molecule has 2 amide bonds. The van der Waals surface area contributed by atoms with Crippen LogP contribution in [0.5, 0.6) is 5.75 Å². The van der Waals surface area contributed by atoms with Gasteiger partial charge in [0.05, 0.1) is 11.3 Å². The van der Waals surface area contributed by atoms with Crippen molar-refractivity contribution in [2.45, 2.75) is 24.3 Å². The van der Waals surface area contributed by atoms with Crippen LogP contribution in [0.2, 0.25) is 0 Å². The van der Waals surface area contributed by atoms with Crippen LogP contribution in [0.25, 0.3) is 0 Å². The predicted molar refractivity (Wildman–Crippen MR) is 125 cm³/mol. The zero-order chi connectivity index (χ0) is 23.8. The molecular weight excluding hydrogens is 442 g/mol. The van der Waals surface area contributed by atoms with Crippen LogP contribution in [0.15, 0.2) is 83.8 Å². The van der Waals surface area contributed by atoms with Crippen LogP contribution < -0.4 is 20.5 Å². The van der Waals surface area contributed by atoms with E-state index in [9.17, 15) is 18.0 Å². The molecule has 0 fully saturated rings. The second kappa shape index (κ2) is 10.8. The number of ether oxygens (including phenoxy) is 1. The summed E-state index contributed by atoms with van der Waals surface area (Å²) in [4.78, 5) is 23.1. The van der Waals surface area contributed by atoms with E-state index in [4.69, 9.17) is 10.5 Å². The fourth-order valence-electron chi connectivity index (χ4n) is 3.08. The number of amides is 2. The smallest absolute Gasteiger partial charge is 0.262 e. The molecule has 4 N–H and O–H groups in total. The Morgan fingerprint density at radius 3 is 2.18 bits per heavy atom. The summed E-state index contributed by atoms with van der Waals surface area (Å²) in [5.41, 5.74) is 7.31. The lowest BCUT2D eigenvalue weighted by molar-refractivity contribution is -0.118. The molecule has 1 atom stereocenters. The zero-order valence-corrected chi connectivity index (χ0v) is 18.8. The van der Waals surface area contributed by atoms with E-state index >= 15 is 0 Å². The minimum Gasteiger partial charge on any atom is -0.484 e. The zero-order valence-electron chi connectivity index (χ0n) is 18.0. The summed E-state index contributed by atoms with van der Waals surface area (Å²) >= 11 is 0. The molecule has 3 aromatic rings. The number of primary amides is 1. The van der Waals surface area contributed by atoms with Gasteiger partial charge in [-0.2, -0.15) is 0 Å². The number of anilines is 1. The molecule has 0 bridgehead atoms. The van der Waals surface area contributed by atoms with Crippen molar-refractivity contribution in [2.75, 3.05) is 11.9 Å². The summed E-state index contributed by atoms with van der Waals surface area (Å²) in [7, 11) is -3.72. The quantitative estimate of drug-likeness (QED) is 0.422. The lowest BCUT2D eigenvalue weighted by Gasteiger charge is -2.15. The van der Waals surface area contributed by atoms with Gasteiger partial charge in [0.25, 0.3) is 5.91 Å². The average Bonchev–Trinajstić information content (AvgIpc) is 2.79. The van der Waals surface area contributed by atoms with Crippen molar-refractivity contribution < 1.29 is 22.7 Å². The maximum atomic E-state index is 12.6. The van der Waals surface area contributed by atoms with Gasteiger partial charge >= 0.3 is 0 Å². The van der Waals surface area contributed by atoms with Crippen LogP contribution in [0, 0.1) is 0 Å². The minimum absolute atomic E-state index is 0.0955. The monoisotopic (exact) mass is 467 g/mol. The van der Waals surface area contributed by atoms with Gasteiger partial charge in [-0.1, -0.05) is 42.5 Å². The number of nitrogens with two attached hydrogens (primary N) is 1. The summed E-state index contributed by atoms with van der Waals surface area (Å²) < 4.78 is 33.4. The van der Waals surface area contributed by atoms with E-state index in [0.717, 1.165) is 11.1 Å². The van der Waals surface area contributed by atoms with E-state index in [2.05, 4.69) is 10.0 Å². The van der Waals surface area contributed by atoms with Crippen molar-refractivity contribution in [1.29, 1.82) is 0 Å². The normalized spacial score (nSPS) is 12.0. The third kappa shape index (κ3) is 7.16. The second-order valence-corrected chi connectivity index (χ2v) is 9.12. The van der Waals surface area contributed by atoms with Crippen LogP contribution in [0.1, 0.15) is 24.1 Å². The SMILES string of the molecule is C[C@H](NS(=O)(=O)c1ccc(OCC(=O)Nc2ccc(CC(N)=O)cc2)cc1)c1ccccc1. The van der Waals surface area contributed by atoms with Crippen molar-refractivity contribution in [3.63, 3.8) is 0 Å². The molecule has 33 heavy (non-hydrogen) atoms. The molecule has 3 aromatic carbocycles. The first-order valence-electron chi connectivity index (χ1n) is 10.2. The number of carbonyl (C=O) groups excluding carboxylic acids is 2. The van der Waals surface area contributed by atoms with E-state index < -0.39 is 15.9 Å². The summed E-state index contributed by atoms with van der Waals surface area (Å²) in [5.74, 6) is -0.454. The second-order valence-electron chi connectivity index (χ2n) is 7.40. The first-order valence-corrected chi connectivity index (χ1v) is 11.7. The Morgan fingerprint density at radius 1 is 0.939 bits per heavy atom. The Labute approximate surface area is 192 Å². The molecule has 0 saturated carbocycles. The molecule has 9 heteroatoms. The Balaban J connectivity index is 1.52. The van der Waals surface area contributed by atoms with Gasteiger partial charge in [-0.05, 0) is 54.4 Å². The van der Waals surface area contributed by atoms with E-state index in [0.29, 0.717) is 11.4 Å². The molecule has 0 spiro atoms. The highest BCUT2D eigenvalue weighted by Crippen LogP contribution is 2.19. The maximum absolute atomic E-state index is 12.6. The molecule has 0 heterocycles. The number of benzene rings is 3. The Morgan fingerprint density at radius 2 is 1.58 bits per heavy atom. The molecule has 0 aliphatic carbocycles. The average molecular weight is 468 g/mol. The molecule has 0 aromatic heterocycles. The molecule has 0 aliphatic heterocycles. The van der Waals surface area contributed by atoms with Crippen molar-refractivity contribution >= 4 is 27.5 Å². The van der Waals surface area contributed by atoms with Gasteiger partial charge in [-0.3, -0.25) is 9.59 Å². The first-order chi connectivity index (χ1) is 15.7. The summed E-state index contributed by atoms with van der Waals surface area (Å²) in [6.07, 6.45) is 0.129. The highest BCUT2D eigenvalue weighted by molar-refractivity contribution is 7.89. The summed E-state index contributed by atoms with van der Waals surface area (Å²) in [6.45, 7) is 1.52. The van der Waals surface area contributed by atoms with E-state index in [1.165, 1.54) is 24.3 Å². The van der Waals surface area contributed by atoms with Crippen LogP contribution in [0.4, 0.5) is 5.69 Å². The van der Waals surface area contributed by atoms with Gasteiger partial charge in [0.1, 0.15) is 5.75 Å². The number of hydrogen-bond donors (Lipinski definition) is 3. The third-order valence-corrected chi connectivity index (χ3v) is 6.31. The van der Waals surface area contributed by atoms with Crippen LogP contribution in [0.3, 0.4) is 0 Å². The van der Waals surface area contributed by atoms with Gasteiger partial charge in [0.15, 0.2) is 6.61 Å². The molecule has 0 unspecified atom stereocenters. The molecular formula is C24H25N3O5S. The largest absolute Gasteiger partial charge is 0.484 e. The van der Waals surface area contributed by atoms with Crippen molar-refractivity contribution in [3.8, 4) is 5.75 Å². The third-order valence-electron chi connectivity index (χ3n) is 4.75. The number of carbonyl (C=O) groups is 2.